The lowest BCUT2D eigenvalue weighted by Gasteiger charge is -2.24. The first-order valence-corrected chi connectivity index (χ1v) is 6.50. The molecule has 0 radical (unpaired) electrons. The van der Waals surface area contributed by atoms with Crippen molar-refractivity contribution in [1.82, 2.24) is 10.5 Å². The summed E-state index contributed by atoms with van der Waals surface area (Å²) in [7, 11) is 1.38. The first-order valence-electron chi connectivity index (χ1n) is 6.50. The second kappa shape index (κ2) is 5.62. The Morgan fingerprint density at radius 2 is 2.15 bits per heavy atom. The minimum atomic E-state index is -1.49. The van der Waals surface area contributed by atoms with Crippen molar-refractivity contribution in [2.75, 3.05) is 13.7 Å². The normalized spacial score (nSPS) is 17.1. The molecule has 0 aromatic carbocycles. The molecule has 1 aromatic heterocycles. The molecule has 0 saturated heterocycles. The first-order chi connectivity index (χ1) is 9.48. The van der Waals surface area contributed by atoms with Gasteiger partial charge in [0.05, 0.1) is 6.61 Å². The number of amides is 1. The van der Waals surface area contributed by atoms with Crippen molar-refractivity contribution in [3.63, 3.8) is 0 Å². The maximum Gasteiger partial charge on any atom is 0.331 e. The van der Waals surface area contributed by atoms with Crippen molar-refractivity contribution in [3.05, 3.63) is 17.0 Å². The van der Waals surface area contributed by atoms with E-state index in [0.717, 1.165) is 37.0 Å². The highest BCUT2D eigenvalue weighted by molar-refractivity contribution is 5.97. The van der Waals surface area contributed by atoms with E-state index in [4.69, 9.17) is 9.26 Å². The van der Waals surface area contributed by atoms with Gasteiger partial charge < -0.3 is 19.7 Å². The summed E-state index contributed by atoms with van der Waals surface area (Å²) in [4.78, 5) is 23.5. The number of hydrogen-bond donors (Lipinski definition) is 2. The predicted octanol–water partition coefficient (Wildman–Crippen LogP) is 0.773. The molecule has 1 unspecified atom stereocenters. The number of carbonyl (C=O) groups is 2. The zero-order chi connectivity index (χ0) is 14.8. The third-order valence-electron chi connectivity index (χ3n) is 3.46. The topological polar surface area (TPSA) is 102 Å². The number of aryl methyl sites for hydroxylation is 1. The number of carbonyl (C=O) groups excluding carboxylic acids is 1. The number of carboxylic acids is 1. The largest absolute Gasteiger partial charge is 0.479 e. The Bertz CT molecular complexity index is 525. The van der Waals surface area contributed by atoms with Crippen LogP contribution in [-0.2, 0) is 22.4 Å². The van der Waals surface area contributed by atoms with E-state index in [0.29, 0.717) is 0 Å². The molecule has 7 heteroatoms. The van der Waals surface area contributed by atoms with Crippen molar-refractivity contribution < 1.29 is 24.0 Å². The zero-order valence-corrected chi connectivity index (χ0v) is 11.6. The summed E-state index contributed by atoms with van der Waals surface area (Å²) in [5.41, 5.74) is -0.519. The van der Waals surface area contributed by atoms with Crippen LogP contribution in [0.5, 0.6) is 0 Å². The fraction of sp³-hybridized carbons (Fsp3) is 0.615. The van der Waals surface area contributed by atoms with Gasteiger partial charge in [0.1, 0.15) is 5.76 Å². The smallest absolute Gasteiger partial charge is 0.331 e. The Labute approximate surface area is 116 Å². The molecular weight excluding hydrogens is 264 g/mol. The Kier molecular flexibility index (Phi) is 4.08. The molecular formula is C13H18N2O5. The summed E-state index contributed by atoms with van der Waals surface area (Å²) in [6, 6.07) is 0. The molecule has 110 valence electrons. The number of carboxylic acid groups (broad SMARTS) is 1. The van der Waals surface area contributed by atoms with Gasteiger partial charge in [-0.2, -0.15) is 0 Å². The van der Waals surface area contributed by atoms with Crippen LogP contribution in [-0.4, -0.2) is 41.4 Å². The molecule has 1 heterocycles. The number of nitrogens with zero attached hydrogens (tertiary/aromatic N) is 1. The summed E-state index contributed by atoms with van der Waals surface area (Å²) in [5.74, 6) is -0.978. The quantitative estimate of drug-likeness (QED) is 0.827. The maximum absolute atomic E-state index is 12.2. The van der Waals surface area contributed by atoms with E-state index >= 15 is 0 Å². The third kappa shape index (κ3) is 2.67. The molecule has 0 aliphatic heterocycles. The number of hydrogen-bond acceptors (Lipinski definition) is 5. The number of aliphatic carboxylic acids is 1. The lowest BCUT2D eigenvalue weighted by atomic mass is 9.95. The number of nitrogens with one attached hydrogen (secondary N) is 1. The molecule has 1 aliphatic carbocycles. The van der Waals surface area contributed by atoms with Gasteiger partial charge in [-0.05, 0) is 26.2 Å². The fourth-order valence-electron chi connectivity index (χ4n) is 2.31. The van der Waals surface area contributed by atoms with Crippen molar-refractivity contribution in [2.45, 2.75) is 38.1 Å². The van der Waals surface area contributed by atoms with Crippen LogP contribution in [0.15, 0.2) is 4.52 Å². The summed E-state index contributed by atoms with van der Waals surface area (Å²) < 4.78 is 10.0. The third-order valence-corrected chi connectivity index (χ3v) is 3.46. The van der Waals surface area contributed by atoms with Crippen molar-refractivity contribution in [2.24, 2.45) is 0 Å². The zero-order valence-electron chi connectivity index (χ0n) is 11.6. The van der Waals surface area contributed by atoms with Crippen LogP contribution in [0.25, 0.3) is 0 Å². The summed E-state index contributed by atoms with van der Waals surface area (Å²) >= 11 is 0. The lowest BCUT2D eigenvalue weighted by molar-refractivity contribution is -0.145. The average Bonchev–Trinajstić information content (AvgIpc) is 2.82. The Morgan fingerprint density at radius 3 is 2.80 bits per heavy atom. The Morgan fingerprint density at radius 1 is 1.45 bits per heavy atom. The van der Waals surface area contributed by atoms with E-state index < -0.39 is 17.4 Å². The molecule has 1 amide bonds. The average molecular weight is 282 g/mol. The maximum atomic E-state index is 12.2. The van der Waals surface area contributed by atoms with Crippen LogP contribution in [0.1, 0.15) is 41.6 Å². The second-order valence-corrected chi connectivity index (χ2v) is 5.16. The van der Waals surface area contributed by atoms with Crippen LogP contribution in [0.3, 0.4) is 0 Å². The lowest BCUT2D eigenvalue weighted by Crippen LogP contribution is -2.55. The molecule has 7 nitrogen and oxygen atoms in total. The molecule has 0 fully saturated rings. The molecule has 0 saturated carbocycles. The highest BCUT2D eigenvalue weighted by Gasteiger charge is 2.37. The molecule has 1 atom stereocenters. The highest BCUT2D eigenvalue weighted by atomic mass is 16.5. The van der Waals surface area contributed by atoms with Gasteiger partial charge in [-0.3, -0.25) is 4.79 Å². The van der Waals surface area contributed by atoms with Crippen LogP contribution < -0.4 is 5.32 Å². The van der Waals surface area contributed by atoms with E-state index in [-0.39, 0.29) is 12.3 Å². The summed E-state index contributed by atoms with van der Waals surface area (Å²) in [6.07, 6.45) is 3.49. The van der Waals surface area contributed by atoms with E-state index in [1.54, 1.807) is 0 Å². The van der Waals surface area contributed by atoms with Crippen molar-refractivity contribution >= 4 is 11.9 Å². The molecule has 1 aromatic rings. The minimum Gasteiger partial charge on any atom is -0.479 e. The van der Waals surface area contributed by atoms with Gasteiger partial charge in [-0.25, -0.2) is 4.79 Å². The van der Waals surface area contributed by atoms with E-state index in [9.17, 15) is 14.7 Å². The van der Waals surface area contributed by atoms with Crippen LogP contribution >= 0.6 is 0 Å². The standard InChI is InChI=1S/C13H18N2O5/c1-13(7-19-2,12(17)18)14-11(16)10-8-5-3-4-6-9(8)20-15-10/h3-7H2,1-2H3,(H,14,16)(H,17,18). The van der Waals surface area contributed by atoms with Gasteiger partial charge >= 0.3 is 5.97 Å². The molecule has 2 N–H and O–H groups in total. The molecule has 0 spiro atoms. The van der Waals surface area contributed by atoms with Gasteiger partial charge in [0.2, 0.25) is 0 Å². The van der Waals surface area contributed by atoms with Gasteiger partial charge in [0.25, 0.3) is 5.91 Å². The van der Waals surface area contributed by atoms with E-state index in [1.165, 1.54) is 14.0 Å². The minimum absolute atomic E-state index is 0.131. The van der Waals surface area contributed by atoms with Crippen molar-refractivity contribution in [3.8, 4) is 0 Å². The second-order valence-electron chi connectivity index (χ2n) is 5.16. The van der Waals surface area contributed by atoms with Crippen LogP contribution in [0.4, 0.5) is 0 Å². The Balaban J connectivity index is 2.19. The fourth-order valence-corrected chi connectivity index (χ4v) is 2.31. The van der Waals surface area contributed by atoms with Gasteiger partial charge in [0, 0.05) is 19.1 Å². The molecule has 2 rings (SSSR count). The number of methoxy groups -OCH3 is 1. The van der Waals surface area contributed by atoms with Gasteiger partial charge in [0.15, 0.2) is 11.2 Å². The van der Waals surface area contributed by atoms with E-state index in [1.807, 2.05) is 0 Å². The van der Waals surface area contributed by atoms with Crippen LogP contribution in [0, 0.1) is 0 Å². The number of rotatable bonds is 5. The number of ether oxygens (including phenoxy) is 1. The molecule has 0 bridgehead atoms. The highest BCUT2D eigenvalue weighted by Crippen LogP contribution is 2.24. The van der Waals surface area contributed by atoms with Crippen LogP contribution in [0.2, 0.25) is 0 Å². The summed E-state index contributed by atoms with van der Waals surface area (Å²) in [6.45, 7) is 1.26. The number of aromatic nitrogens is 1. The molecule has 20 heavy (non-hydrogen) atoms. The van der Waals surface area contributed by atoms with Crippen molar-refractivity contribution in [1.29, 1.82) is 0 Å². The summed E-state index contributed by atoms with van der Waals surface area (Å²) in [5, 5.41) is 15.5. The number of fused-ring (bicyclic) bond motifs is 1. The Hall–Kier alpha value is -1.89. The van der Waals surface area contributed by atoms with Gasteiger partial charge in [-0.15, -0.1) is 0 Å². The molecule has 1 aliphatic rings. The predicted molar refractivity (Wildman–Crippen MR) is 68.5 cm³/mol. The monoisotopic (exact) mass is 282 g/mol. The first kappa shape index (κ1) is 14.5. The SMILES string of the molecule is COCC(C)(NC(=O)c1noc2c1CCCC2)C(=O)O. The van der Waals surface area contributed by atoms with E-state index in [2.05, 4.69) is 10.5 Å². The van der Waals surface area contributed by atoms with Gasteiger partial charge in [-0.1, -0.05) is 5.16 Å².